The molecule has 2 aromatic carbocycles. The molecule has 0 bridgehead atoms. The maximum Gasteiger partial charge on any atom is 0.357 e. The molecule has 6 nitrogen and oxygen atoms in total. The molecule has 3 rings (SSSR count). The molecule has 0 atom stereocenters. The lowest BCUT2D eigenvalue weighted by Crippen LogP contribution is -2.26. The average molecular weight is 415 g/mol. The number of aryl methyl sites for hydroxylation is 1. The Hall–Kier alpha value is -2.80. The van der Waals surface area contributed by atoms with Crippen LogP contribution in [0.5, 0.6) is 0 Å². The van der Waals surface area contributed by atoms with Gasteiger partial charge in [0.05, 0.1) is 5.39 Å². The standard InChI is InChI=1S/C19H15BrN2O4/c20-13-9-7-12(8-10-13)16(23)6-3-11-22-18(24)15-5-2-1-4-14(15)17(21-22)19(25)26/h1-2,4-5,7-10H,3,6,11H2,(H,25,26). The smallest absolute Gasteiger partial charge is 0.357 e. The van der Waals surface area contributed by atoms with Crippen LogP contribution in [0.4, 0.5) is 0 Å². The van der Waals surface area contributed by atoms with Gasteiger partial charge in [-0.3, -0.25) is 9.59 Å². The lowest BCUT2D eigenvalue weighted by atomic mass is 10.1. The van der Waals surface area contributed by atoms with Gasteiger partial charge in [-0.2, -0.15) is 5.10 Å². The van der Waals surface area contributed by atoms with Crippen molar-refractivity contribution in [1.29, 1.82) is 0 Å². The van der Waals surface area contributed by atoms with Crippen molar-refractivity contribution in [2.75, 3.05) is 0 Å². The highest BCUT2D eigenvalue weighted by Gasteiger charge is 2.15. The Balaban J connectivity index is 1.80. The van der Waals surface area contributed by atoms with Gasteiger partial charge in [-0.25, -0.2) is 9.48 Å². The summed E-state index contributed by atoms with van der Waals surface area (Å²) in [6.07, 6.45) is 0.629. The molecule has 0 amide bonds. The number of hydrogen-bond donors (Lipinski definition) is 1. The molecule has 0 aliphatic carbocycles. The Bertz CT molecular complexity index is 1040. The average Bonchev–Trinajstić information content (AvgIpc) is 2.64. The van der Waals surface area contributed by atoms with Crippen molar-refractivity contribution in [3.8, 4) is 0 Å². The largest absolute Gasteiger partial charge is 0.476 e. The van der Waals surface area contributed by atoms with E-state index in [0.29, 0.717) is 22.8 Å². The van der Waals surface area contributed by atoms with Crippen molar-refractivity contribution in [2.45, 2.75) is 19.4 Å². The zero-order valence-electron chi connectivity index (χ0n) is 13.7. The van der Waals surface area contributed by atoms with Crippen LogP contribution in [0.2, 0.25) is 0 Å². The zero-order chi connectivity index (χ0) is 18.7. The number of ketones is 1. The first-order chi connectivity index (χ1) is 12.5. The fourth-order valence-corrected chi connectivity index (χ4v) is 2.98. The van der Waals surface area contributed by atoms with E-state index in [9.17, 15) is 19.5 Å². The van der Waals surface area contributed by atoms with Crippen LogP contribution in [0.3, 0.4) is 0 Å². The molecule has 3 aromatic rings. The van der Waals surface area contributed by atoms with Crippen LogP contribution in [-0.2, 0) is 6.54 Å². The van der Waals surface area contributed by atoms with E-state index in [2.05, 4.69) is 21.0 Å². The number of aromatic nitrogens is 2. The van der Waals surface area contributed by atoms with E-state index in [0.717, 1.165) is 9.15 Å². The van der Waals surface area contributed by atoms with Gasteiger partial charge in [0.2, 0.25) is 0 Å². The molecule has 1 N–H and O–H groups in total. The second-order valence-corrected chi connectivity index (χ2v) is 6.68. The van der Waals surface area contributed by atoms with E-state index in [1.54, 1.807) is 48.5 Å². The van der Waals surface area contributed by atoms with Crippen molar-refractivity contribution >= 4 is 38.5 Å². The summed E-state index contributed by atoms with van der Waals surface area (Å²) in [4.78, 5) is 36.1. The number of rotatable bonds is 6. The second-order valence-electron chi connectivity index (χ2n) is 5.76. The lowest BCUT2D eigenvalue weighted by molar-refractivity contribution is 0.0689. The van der Waals surface area contributed by atoms with Gasteiger partial charge < -0.3 is 5.11 Å². The molecule has 1 aromatic heterocycles. The Morgan fingerprint density at radius 1 is 1.04 bits per heavy atom. The summed E-state index contributed by atoms with van der Waals surface area (Å²) >= 11 is 3.32. The van der Waals surface area contributed by atoms with E-state index in [-0.39, 0.29) is 30.0 Å². The van der Waals surface area contributed by atoms with Gasteiger partial charge >= 0.3 is 5.97 Å². The number of fused-ring (bicyclic) bond motifs is 1. The first kappa shape index (κ1) is 18.0. The normalized spacial score (nSPS) is 10.8. The molecule has 0 radical (unpaired) electrons. The van der Waals surface area contributed by atoms with E-state index >= 15 is 0 Å². The van der Waals surface area contributed by atoms with E-state index in [1.807, 2.05) is 0 Å². The van der Waals surface area contributed by atoms with E-state index < -0.39 is 5.97 Å². The Labute approximate surface area is 157 Å². The number of carboxylic acid groups (broad SMARTS) is 1. The van der Waals surface area contributed by atoms with Crippen molar-refractivity contribution in [1.82, 2.24) is 9.78 Å². The molecular weight excluding hydrogens is 400 g/mol. The van der Waals surface area contributed by atoms with Crippen molar-refractivity contribution < 1.29 is 14.7 Å². The van der Waals surface area contributed by atoms with Gasteiger partial charge in [0.1, 0.15) is 0 Å². The van der Waals surface area contributed by atoms with E-state index in [4.69, 9.17) is 0 Å². The number of carbonyl (C=O) groups excluding carboxylic acids is 1. The molecule has 26 heavy (non-hydrogen) atoms. The monoisotopic (exact) mass is 414 g/mol. The van der Waals surface area contributed by atoms with E-state index in [1.165, 1.54) is 0 Å². The quantitative estimate of drug-likeness (QED) is 0.623. The zero-order valence-corrected chi connectivity index (χ0v) is 15.3. The summed E-state index contributed by atoms with van der Waals surface area (Å²) in [5.74, 6) is -1.23. The predicted octanol–water partition coefficient (Wildman–Crippen LogP) is 3.52. The summed E-state index contributed by atoms with van der Waals surface area (Å²) in [5, 5.41) is 13.9. The lowest BCUT2D eigenvalue weighted by Gasteiger charge is -2.08. The molecule has 0 fully saturated rings. The van der Waals surface area contributed by atoms with Crippen LogP contribution >= 0.6 is 15.9 Å². The minimum atomic E-state index is -1.19. The molecule has 132 valence electrons. The van der Waals surface area contributed by atoms with Gasteiger partial charge in [0, 0.05) is 28.4 Å². The first-order valence-corrected chi connectivity index (χ1v) is 8.78. The molecule has 0 aliphatic rings. The minimum absolute atomic E-state index is 0.0372. The number of aromatic carboxylic acids is 1. The summed E-state index contributed by atoms with van der Waals surface area (Å²) in [5.41, 5.74) is 0.0689. The fourth-order valence-electron chi connectivity index (χ4n) is 2.71. The number of halogens is 1. The maximum absolute atomic E-state index is 12.5. The molecule has 0 aliphatic heterocycles. The number of benzene rings is 2. The second kappa shape index (κ2) is 7.61. The third-order valence-corrected chi connectivity index (χ3v) is 4.54. The fraction of sp³-hybridized carbons (Fsp3) is 0.158. The van der Waals surface area contributed by atoms with Crippen molar-refractivity contribution in [3.05, 3.63) is 74.6 Å². The van der Waals surface area contributed by atoms with Crippen LogP contribution in [0.15, 0.2) is 57.8 Å². The summed E-state index contributed by atoms with van der Waals surface area (Å²) in [7, 11) is 0. The molecule has 0 saturated heterocycles. The van der Waals surface area contributed by atoms with Crippen LogP contribution in [-0.4, -0.2) is 26.6 Å². The molecule has 1 heterocycles. The summed E-state index contributed by atoms with van der Waals surface area (Å²) in [6, 6.07) is 13.5. The number of carbonyl (C=O) groups is 2. The third-order valence-electron chi connectivity index (χ3n) is 4.01. The maximum atomic E-state index is 12.5. The van der Waals surface area contributed by atoms with Crippen LogP contribution < -0.4 is 5.56 Å². The molecule has 0 saturated carbocycles. The van der Waals surface area contributed by atoms with Crippen molar-refractivity contribution in [2.24, 2.45) is 0 Å². The SMILES string of the molecule is O=C(CCCn1nc(C(=O)O)c2ccccc2c1=O)c1ccc(Br)cc1. The molecular formula is C19H15BrN2O4. The predicted molar refractivity (Wildman–Crippen MR) is 101 cm³/mol. The number of carboxylic acids is 1. The summed E-state index contributed by atoms with van der Waals surface area (Å²) in [6.45, 7) is 0.173. The van der Waals surface area contributed by atoms with Crippen LogP contribution in [0, 0.1) is 0 Å². The molecule has 0 unspecified atom stereocenters. The van der Waals surface area contributed by atoms with Crippen LogP contribution in [0.25, 0.3) is 10.8 Å². The number of Topliss-reactive ketones (excluding diaryl/α,β-unsaturated/α-hetero) is 1. The number of hydrogen-bond acceptors (Lipinski definition) is 4. The summed E-state index contributed by atoms with van der Waals surface area (Å²) < 4.78 is 2.02. The van der Waals surface area contributed by atoms with Gasteiger partial charge in [-0.05, 0) is 24.6 Å². The number of nitrogens with zero attached hydrogens (tertiary/aromatic N) is 2. The van der Waals surface area contributed by atoms with Crippen LogP contribution in [0.1, 0.15) is 33.7 Å². The first-order valence-electron chi connectivity index (χ1n) is 7.99. The Kier molecular flexibility index (Phi) is 5.27. The van der Waals surface area contributed by atoms with Crippen molar-refractivity contribution in [3.63, 3.8) is 0 Å². The van der Waals surface area contributed by atoms with Gasteiger partial charge in [0.25, 0.3) is 5.56 Å². The Morgan fingerprint density at radius 2 is 1.69 bits per heavy atom. The third kappa shape index (κ3) is 3.72. The Morgan fingerprint density at radius 3 is 2.35 bits per heavy atom. The topological polar surface area (TPSA) is 89.3 Å². The highest BCUT2D eigenvalue weighted by molar-refractivity contribution is 9.10. The molecule has 7 heteroatoms. The molecule has 0 spiro atoms. The minimum Gasteiger partial charge on any atom is -0.476 e. The highest BCUT2D eigenvalue weighted by atomic mass is 79.9. The van der Waals surface area contributed by atoms with Gasteiger partial charge in [-0.15, -0.1) is 0 Å². The highest BCUT2D eigenvalue weighted by Crippen LogP contribution is 2.15. The van der Waals surface area contributed by atoms with Gasteiger partial charge in [0.15, 0.2) is 11.5 Å². The van der Waals surface area contributed by atoms with Gasteiger partial charge in [-0.1, -0.05) is 46.3 Å².